The van der Waals surface area contributed by atoms with Crippen LogP contribution in [0.5, 0.6) is 0 Å². The summed E-state index contributed by atoms with van der Waals surface area (Å²) in [6, 6.07) is 5.72. The van der Waals surface area contributed by atoms with Crippen LogP contribution in [0.15, 0.2) is 18.2 Å². The minimum atomic E-state index is 0. The predicted molar refractivity (Wildman–Crippen MR) is 90.3 cm³/mol. The molecule has 114 valence electrons. The Labute approximate surface area is 138 Å². The summed E-state index contributed by atoms with van der Waals surface area (Å²) in [5.74, 6) is 0.874. The molecule has 0 amide bonds. The zero-order valence-corrected chi connectivity index (χ0v) is 14.2. The highest BCUT2D eigenvalue weighted by atomic mass is 35.5. The Kier molecular flexibility index (Phi) is 8.23. The molecule has 1 aliphatic heterocycles. The molecule has 0 radical (unpaired) electrons. The zero-order chi connectivity index (χ0) is 13.7. The van der Waals surface area contributed by atoms with Gasteiger partial charge in [-0.1, -0.05) is 23.2 Å². The highest BCUT2D eigenvalue weighted by molar-refractivity contribution is 6.33. The molecule has 5 heteroatoms. The highest BCUT2D eigenvalue weighted by Crippen LogP contribution is 2.25. The molecule has 0 aromatic heterocycles. The SMILES string of the molecule is CNCCC1CCN(Cc2cc(Cl)ccc2Cl)CC1.Cl. The van der Waals surface area contributed by atoms with Gasteiger partial charge in [0.15, 0.2) is 0 Å². The molecule has 0 atom stereocenters. The van der Waals surface area contributed by atoms with Crippen LogP contribution in [0.2, 0.25) is 10.0 Å². The molecule has 2 rings (SSSR count). The Morgan fingerprint density at radius 1 is 1.25 bits per heavy atom. The number of rotatable bonds is 5. The first-order valence-corrected chi connectivity index (χ1v) is 7.75. The van der Waals surface area contributed by atoms with Gasteiger partial charge in [-0.05, 0) is 75.6 Å². The third-order valence-electron chi connectivity index (χ3n) is 3.91. The minimum Gasteiger partial charge on any atom is -0.320 e. The van der Waals surface area contributed by atoms with Gasteiger partial charge in [0.1, 0.15) is 0 Å². The second-order valence-corrected chi connectivity index (χ2v) is 6.19. The average molecular weight is 338 g/mol. The van der Waals surface area contributed by atoms with Crippen LogP contribution in [0.1, 0.15) is 24.8 Å². The number of piperidine rings is 1. The summed E-state index contributed by atoms with van der Waals surface area (Å²) in [6.07, 6.45) is 3.88. The van der Waals surface area contributed by atoms with Gasteiger partial charge in [-0.3, -0.25) is 4.90 Å². The number of nitrogens with one attached hydrogen (secondary N) is 1. The van der Waals surface area contributed by atoms with Gasteiger partial charge in [0.05, 0.1) is 0 Å². The van der Waals surface area contributed by atoms with Crippen LogP contribution in [-0.4, -0.2) is 31.6 Å². The predicted octanol–water partition coefficient (Wildman–Crippen LogP) is 4.24. The lowest BCUT2D eigenvalue weighted by molar-refractivity contribution is 0.172. The van der Waals surface area contributed by atoms with Gasteiger partial charge in [0.2, 0.25) is 0 Å². The smallest absolute Gasteiger partial charge is 0.0452 e. The van der Waals surface area contributed by atoms with Crippen molar-refractivity contribution in [3.63, 3.8) is 0 Å². The number of halogens is 3. The fraction of sp³-hybridized carbons (Fsp3) is 0.600. The first-order chi connectivity index (χ1) is 9.19. The monoisotopic (exact) mass is 336 g/mol. The Morgan fingerprint density at radius 3 is 2.60 bits per heavy atom. The first kappa shape index (κ1) is 18.1. The van der Waals surface area contributed by atoms with Crippen molar-refractivity contribution in [1.29, 1.82) is 0 Å². The molecule has 1 saturated heterocycles. The van der Waals surface area contributed by atoms with Gasteiger partial charge < -0.3 is 5.32 Å². The number of hydrogen-bond donors (Lipinski definition) is 1. The van der Waals surface area contributed by atoms with Crippen LogP contribution in [0, 0.1) is 5.92 Å². The first-order valence-electron chi connectivity index (χ1n) is 7.00. The Balaban J connectivity index is 0.00000200. The minimum absolute atomic E-state index is 0. The van der Waals surface area contributed by atoms with Crippen molar-refractivity contribution in [3.05, 3.63) is 33.8 Å². The van der Waals surface area contributed by atoms with Crippen LogP contribution in [0.25, 0.3) is 0 Å². The lowest BCUT2D eigenvalue weighted by atomic mass is 9.93. The number of benzene rings is 1. The maximum atomic E-state index is 6.22. The van der Waals surface area contributed by atoms with Gasteiger partial charge in [-0.25, -0.2) is 0 Å². The largest absolute Gasteiger partial charge is 0.320 e. The van der Waals surface area contributed by atoms with Crippen LogP contribution in [-0.2, 0) is 6.54 Å². The highest BCUT2D eigenvalue weighted by Gasteiger charge is 2.19. The second kappa shape index (κ2) is 9.11. The summed E-state index contributed by atoms with van der Waals surface area (Å²) in [5.41, 5.74) is 1.14. The van der Waals surface area contributed by atoms with Gasteiger partial charge in [0.25, 0.3) is 0 Å². The van der Waals surface area contributed by atoms with E-state index in [1.807, 2.05) is 25.2 Å². The van der Waals surface area contributed by atoms with Gasteiger partial charge in [-0.15, -0.1) is 12.4 Å². The molecule has 0 bridgehead atoms. The lowest BCUT2D eigenvalue weighted by Crippen LogP contribution is -2.34. The van der Waals surface area contributed by atoms with Crippen molar-refractivity contribution in [3.8, 4) is 0 Å². The summed E-state index contributed by atoms with van der Waals surface area (Å²) >= 11 is 12.2. The van der Waals surface area contributed by atoms with E-state index < -0.39 is 0 Å². The maximum Gasteiger partial charge on any atom is 0.0452 e. The van der Waals surface area contributed by atoms with Gasteiger partial charge in [0, 0.05) is 16.6 Å². The number of likely N-dealkylation sites (tertiary alicyclic amines) is 1. The maximum absolute atomic E-state index is 6.22. The van der Waals surface area contributed by atoms with Crippen molar-refractivity contribution in [2.45, 2.75) is 25.8 Å². The molecule has 2 nitrogen and oxygen atoms in total. The van der Waals surface area contributed by atoms with E-state index in [2.05, 4.69) is 10.2 Å². The summed E-state index contributed by atoms with van der Waals surface area (Å²) in [5, 5.41) is 4.82. The van der Waals surface area contributed by atoms with Crippen molar-refractivity contribution < 1.29 is 0 Å². The van der Waals surface area contributed by atoms with Crippen LogP contribution in [0.3, 0.4) is 0 Å². The van der Waals surface area contributed by atoms with E-state index in [0.717, 1.165) is 47.7 Å². The van der Waals surface area contributed by atoms with Crippen molar-refractivity contribution in [2.75, 3.05) is 26.7 Å². The molecule has 20 heavy (non-hydrogen) atoms. The van der Waals surface area contributed by atoms with Crippen LogP contribution < -0.4 is 5.32 Å². The molecule has 0 spiro atoms. The summed E-state index contributed by atoms with van der Waals surface area (Å²) in [6.45, 7) is 4.37. The van der Waals surface area contributed by atoms with E-state index in [0.29, 0.717) is 0 Å². The lowest BCUT2D eigenvalue weighted by Gasteiger charge is -2.32. The van der Waals surface area contributed by atoms with E-state index >= 15 is 0 Å². The molecule has 0 saturated carbocycles. The van der Waals surface area contributed by atoms with Crippen molar-refractivity contribution in [1.82, 2.24) is 10.2 Å². The summed E-state index contributed by atoms with van der Waals surface area (Å²) < 4.78 is 0. The second-order valence-electron chi connectivity index (χ2n) is 5.35. The quantitative estimate of drug-likeness (QED) is 0.864. The molecule has 1 heterocycles. The Bertz CT molecular complexity index is 404. The normalized spacial score (nSPS) is 16.9. The molecule has 1 fully saturated rings. The fourth-order valence-electron chi connectivity index (χ4n) is 2.69. The van der Waals surface area contributed by atoms with Crippen molar-refractivity contribution >= 4 is 35.6 Å². The van der Waals surface area contributed by atoms with E-state index in [-0.39, 0.29) is 12.4 Å². The molecule has 1 aromatic rings. The Hall–Kier alpha value is 0.01000. The molecule has 1 N–H and O–H groups in total. The molecule has 0 aliphatic carbocycles. The van der Waals surface area contributed by atoms with Crippen LogP contribution >= 0.6 is 35.6 Å². The zero-order valence-electron chi connectivity index (χ0n) is 11.9. The van der Waals surface area contributed by atoms with Gasteiger partial charge in [-0.2, -0.15) is 0 Å². The topological polar surface area (TPSA) is 15.3 Å². The molecular weight excluding hydrogens is 315 g/mol. The number of hydrogen-bond acceptors (Lipinski definition) is 2. The van der Waals surface area contributed by atoms with E-state index in [1.54, 1.807) is 0 Å². The summed E-state index contributed by atoms with van der Waals surface area (Å²) in [4.78, 5) is 2.48. The van der Waals surface area contributed by atoms with E-state index in [4.69, 9.17) is 23.2 Å². The average Bonchev–Trinajstić information content (AvgIpc) is 2.42. The molecule has 1 aliphatic rings. The van der Waals surface area contributed by atoms with E-state index in [9.17, 15) is 0 Å². The van der Waals surface area contributed by atoms with Crippen LogP contribution in [0.4, 0.5) is 0 Å². The molecular formula is C15H23Cl3N2. The van der Waals surface area contributed by atoms with Crippen molar-refractivity contribution in [2.24, 2.45) is 5.92 Å². The Morgan fingerprint density at radius 2 is 1.95 bits per heavy atom. The fourth-order valence-corrected chi connectivity index (χ4v) is 3.06. The van der Waals surface area contributed by atoms with E-state index in [1.165, 1.54) is 19.3 Å². The molecule has 0 unspecified atom stereocenters. The third kappa shape index (κ3) is 5.42. The molecule has 1 aromatic carbocycles. The number of nitrogens with zero attached hydrogens (tertiary/aromatic N) is 1. The van der Waals surface area contributed by atoms with Gasteiger partial charge >= 0.3 is 0 Å². The standard InChI is InChI=1S/C15H22Cl2N2.ClH/c1-18-7-4-12-5-8-19(9-6-12)11-13-10-14(16)2-3-15(13)17;/h2-3,10,12,18H,4-9,11H2,1H3;1H. The third-order valence-corrected chi connectivity index (χ3v) is 4.52. The summed E-state index contributed by atoms with van der Waals surface area (Å²) in [7, 11) is 2.02.